The number of anilines is 2. The van der Waals surface area contributed by atoms with E-state index < -0.39 is 6.03 Å². The molecule has 24 heavy (non-hydrogen) atoms. The molecule has 2 rings (SSSR count). The van der Waals surface area contributed by atoms with Crippen molar-refractivity contribution in [1.82, 2.24) is 5.43 Å². The molecular formula is C17H22ClN5O. The maximum absolute atomic E-state index is 11.8. The molecule has 0 saturated carbocycles. The van der Waals surface area contributed by atoms with Crippen molar-refractivity contribution in [3.63, 3.8) is 0 Å². The number of nitrogens with one attached hydrogen (secondary N) is 1. The molecule has 0 aliphatic carbocycles. The molecule has 0 fully saturated rings. The van der Waals surface area contributed by atoms with Crippen molar-refractivity contribution in [1.29, 1.82) is 0 Å². The van der Waals surface area contributed by atoms with Gasteiger partial charge in [0.05, 0.1) is 11.4 Å². The maximum Gasteiger partial charge on any atom is 0.350 e. The van der Waals surface area contributed by atoms with Crippen LogP contribution in [0.5, 0.6) is 0 Å². The van der Waals surface area contributed by atoms with Crippen LogP contribution in [-0.4, -0.2) is 13.1 Å². The molecule has 7 heteroatoms. The Labute approximate surface area is 146 Å². The van der Waals surface area contributed by atoms with Crippen molar-refractivity contribution < 1.29 is 4.79 Å². The number of halogens is 1. The number of hydrogen-bond acceptors (Lipinski definition) is 4. The number of nitrogens with zero attached hydrogens (tertiary/aromatic N) is 2. The highest BCUT2D eigenvalue weighted by Crippen LogP contribution is 2.33. The second-order valence-electron chi connectivity index (χ2n) is 5.41. The zero-order valence-electron chi connectivity index (χ0n) is 13.8. The van der Waals surface area contributed by atoms with Crippen LogP contribution >= 0.6 is 11.6 Å². The van der Waals surface area contributed by atoms with Gasteiger partial charge >= 0.3 is 6.03 Å². The maximum atomic E-state index is 11.8. The van der Waals surface area contributed by atoms with Crippen LogP contribution in [0.15, 0.2) is 42.5 Å². The van der Waals surface area contributed by atoms with Gasteiger partial charge in [0.25, 0.3) is 0 Å². The summed E-state index contributed by atoms with van der Waals surface area (Å²) >= 11 is 6.26. The molecule has 0 saturated heterocycles. The number of rotatable bonds is 5. The van der Waals surface area contributed by atoms with Crippen LogP contribution in [0.25, 0.3) is 0 Å². The minimum atomic E-state index is -0.587. The summed E-state index contributed by atoms with van der Waals surface area (Å²) in [6.45, 7) is 2.64. The average Bonchev–Trinajstić information content (AvgIpc) is 2.61. The highest BCUT2D eigenvalue weighted by atomic mass is 35.5. The van der Waals surface area contributed by atoms with Crippen LogP contribution in [0, 0.1) is 0 Å². The predicted octanol–water partition coefficient (Wildman–Crippen LogP) is 2.80. The first-order valence-electron chi connectivity index (χ1n) is 7.61. The fourth-order valence-corrected chi connectivity index (χ4v) is 2.83. The first kappa shape index (κ1) is 18.1. The Morgan fingerprint density at radius 3 is 2.46 bits per heavy atom. The van der Waals surface area contributed by atoms with Crippen LogP contribution in [0.4, 0.5) is 16.2 Å². The topological polar surface area (TPSA) is 87.6 Å². The van der Waals surface area contributed by atoms with Gasteiger partial charge in [-0.05, 0) is 29.7 Å². The fourth-order valence-electron chi connectivity index (χ4n) is 2.64. The summed E-state index contributed by atoms with van der Waals surface area (Å²) in [5.74, 6) is 11.1. The van der Waals surface area contributed by atoms with E-state index in [1.807, 2.05) is 53.8 Å². The van der Waals surface area contributed by atoms with Crippen LogP contribution in [-0.2, 0) is 13.0 Å². The van der Waals surface area contributed by atoms with Crippen molar-refractivity contribution in [2.75, 3.05) is 17.0 Å². The number of amides is 2. The molecule has 2 aromatic rings. The van der Waals surface area contributed by atoms with Gasteiger partial charge < -0.3 is 4.90 Å². The minimum absolute atomic E-state index is 0.576. The molecule has 6 nitrogen and oxygen atoms in total. The monoisotopic (exact) mass is 347 g/mol. The van der Waals surface area contributed by atoms with E-state index in [2.05, 4.69) is 6.92 Å². The summed E-state index contributed by atoms with van der Waals surface area (Å²) in [6, 6.07) is 12.7. The number of aryl methyl sites for hydroxylation is 1. The van der Waals surface area contributed by atoms with Crippen molar-refractivity contribution in [2.45, 2.75) is 19.9 Å². The highest BCUT2D eigenvalue weighted by molar-refractivity contribution is 6.31. The quantitative estimate of drug-likeness (QED) is 0.441. The van der Waals surface area contributed by atoms with Gasteiger partial charge in [0.2, 0.25) is 0 Å². The summed E-state index contributed by atoms with van der Waals surface area (Å²) in [4.78, 5) is 13.9. The molecule has 2 aromatic carbocycles. The Morgan fingerprint density at radius 2 is 1.83 bits per heavy atom. The molecule has 0 spiro atoms. The molecule has 0 aromatic heterocycles. The molecule has 0 radical (unpaired) electrons. The molecule has 2 amide bonds. The van der Waals surface area contributed by atoms with Crippen molar-refractivity contribution in [3.8, 4) is 0 Å². The first-order chi connectivity index (χ1) is 11.5. The fraction of sp³-hybridized carbons (Fsp3) is 0.235. The number of nitrogens with two attached hydrogens (primary N) is 2. The predicted molar refractivity (Wildman–Crippen MR) is 98.8 cm³/mol. The summed E-state index contributed by atoms with van der Waals surface area (Å²) in [5, 5.41) is 1.71. The van der Waals surface area contributed by atoms with Gasteiger partial charge in [-0.15, -0.1) is 0 Å². The van der Waals surface area contributed by atoms with Gasteiger partial charge in [0.15, 0.2) is 0 Å². The molecule has 0 aliphatic heterocycles. The van der Waals surface area contributed by atoms with Crippen LogP contribution in [0.3, 0.4) is 0 Å². The SMILES string of the molecule is CCc1cccc(N(N)C(=O)NN)c1N(C)Cc1ccccc1Cl. The van der Waals surface area contributed by atoms with Gasteiger partial charge in [-0.25, -0.2) is 21.5 Å². The minimum Gasteiger partial charge on any atom is -0.368 e. The Kier molecular flexibility index (Phi) is 6.03. The van der Waals surface area contributed by atoms with Crippen LogP contribution < -0.4 is 27.0 Å². The summed E-state index contributed by atoms with van der Waals surface area (Å²) in [5.41, 5.74) is 5.55. The molecule has 0 unspecified atom stereocenters. The van der Waals surface area contributed by atoms with Gasteiger partial charge in [-0.2, -0.15) is 0 Å². The normalized spacial score (nSPS) is 10.4. The van der Waals surface area contributed by atoms with E-state index in [0.29, 0.717) is 17.3 Å². The van der Waals surface area contributed by atoms with E-state index in [9.17, 15) is 4.79 Å². The third kappa shape index (κ3) is 3.79. The molecule has 0 atom stereocenters. The molecule has 0 bridgehead atoms. The van der Waals surface area contributed by atoms with Gasteiger partial charge in [0, 0.05) is 18.6 Å². The summed E-state index contributed by atoms with van der Waals surface area (Å²) in [7, 11) is 1.94. The van der Waals surface area contributed by atoms with E-state index in [-0.39, 0.29) is 0 Å². The molecule has 0 heterocycles. The largest absolute Gasteiger partial charge is 0.368 e. The van der Waals surface area contributed by atoms with Crippen molar-refractivity contribution in [3.05, 3.63) is 58.6 Å². The standard InChI is InChI=1S/C17H22ClN5O/c1-3-12-8-6-10-15(23(20)17(24)21-19)16(12)22(2)11-13-7-4-5-9-14(13)18/h4-10H,3,11,19-20H2,1-2H3,(H,21,24). The number of para-hydroxylation sites is 1. The zero-order valence-corrected chi connectivity index (χ0v) is 14.5. The average molecular weight is 348 g/mol. The molecular weight excluding hydrogens is 326 g/mol. The number of hydrazine groups is 2. The summed E-state index contributed by atoms with van der Waals surface area (Å²) < 4.78 is 0. The number of carbonyl (C=O) groups is 1. The van der Waals surface area contributed by atoms with Gasteiger partial charge in [-0.3, -0.25) is 5.43 Å². The second-order valence-corrected chi connectivity index (χ2v) is 5.81. The first-order valence-corrected chi connectivity index (χ1v) is 7.99. The molecule has 0 aliphatic rings. The number of hydrogen-bond donors (Lipinski definition) is 3. The lowest BCUT2D eigenvalue weighted by molar-refractivity contribution is 0.246. The van der Waals surface area contributed by atoms with E-state index in [0.717, 1.165) is 28.2 Å². The number of urea groups is 1. The van der Waals surface area contributed by atoms with E-state index >= 15 is 0 Å². The lowest BCUT2D eigenvalue weighted by atomic mass is 10.1. The van der Waals surface area contributed by atoms with Gasteiger partial charge in [0.1, 0.15) is 0 Å². The van der Waals surface area contributed by atoms with E-state index in [1.54, 1.807) is 6.07 Å². The Bertz CT molecular complexity index is 722. The van der Waals surface area contributed by atoms with Crippen LogP contribution in [0.1, 0.15) is 18.1 Å². The molecule has 5 N–H and O–H groups in total. The van der Waals surface area contributed by atoms with Crippen LogP contribution in [0.2, 0.25) is 5.02 Å². The third-order valence-electron chi connectivity index (χ3n) is 3.83. The van der Waals surface area contributed by atoms with Crippen molar-refractivity contribution in [2.24, 2.45) is 11.7 Å². The van der Waals surface area contributed by atoms with E-state index in [4.69, 9.17) is 23.3 Å². The zero-order chi connectivity index (χ0) is 17.7. The third-order valence-corrected chi connectivity index (χ3v) is 4.20. The summed E-state index contributed by atoms with van der Waals surface area (Å²) in [6.07, 6.45) is 0.800. The Balaban J connectivity index is 2.43. The lowest BCUT2D eigenvalue weighted by Crippen LogP contribution is -2.48. The molecule has 128 valence electrons. The Hall–Kier alpha value is -2.28. The Morgan fingerprint density at radius 1 is 1.17 bits per heavy atom. The van der Waals surface area contributed by atoms with E-state index in [1.165, 1.54) is 0 Å². The second kappa shape index (κ2) is 8.01. The van der Waals surface area contributed by atoms with Crippen molar-refractivity contribution >= 4 is 29.0 Å². The number of benzene rings is 2. The lowest BCUT2D eigenvalue weighted by Gasteiger charge is -2.28. The highest BCUT2D eigenvalue weighted by Gasteiger charge is 2.19. The smallest absolute Gasteiger partial charge is 0.350 e. The van der Waals surface area contributed by atoms with Gasteiger partial charge in [-0.1, -0.05) is 48.9 Å². The number of carbonyl (C=O) groups excluding carboxylic acids is 1.